The highest BCUT2D eigenvalue weighted by Crippen LogP contribution is 2.27. The monoisotopic (exact) mass is 404 g/mol. The van der Waals surface area contributed by atoms with E-state index in [0.29, 0.717) is 11.4 Å². The number of urea groups is 1. The summed E-state index contributed by atoms with van der Waals surface area (Å²) >= 11 is 1.08. The Morgan fingerprint density at radius 2 is 2.04 bits per heavy atom. The lowest BCUT2D eigenvalue weighted by molar-refractivity contribution is 0.0935. The third-order valence-electron chi connectivity index (χ3n) is 4.08. The van der Waals surface area contributed by atoms with Gasteiger partial charge in [0.2, 0.25) is 0 Å². The minimum absolute atomic E-state index is 0.00139. The molecular weight excluding hydrogens is 386 g/mol. The number of nitrogens with one attached hydrogen (secondary N) is 3. The minimum Gasteiger partial charge on any atom is -0.351 e. The van der Waals surface area contributed by atoms with Crippen molar-refractivity contribution in [3.05, 3.63) is 51.2 Å². The number of benzene rings is 1. The molecule has 1 aliphatic heterocycles. The summed E-state index contributed by atoms with van der Waals surface area (Å²) in [5.74, 6) is 3.23. The second-order valence-electron chi connectivity index (χ2n) is 6.24. The average Bonchev–Trinajstić information content (AvgIpc) is 3.05. The second-order valence-corrected chi connectivity index (χ2v) is 7.29. The molecule has 1 fully saturated rings. The van der Waals surface area contributed by atoms with Gasteiger partial charge < -0.3 is 21.7 Å². The molecule has 0 spiro atoms. The summed E-state index contributed by atoms with van der Waals surface area (Å²) in [6.07, 6.45) is 1.83. The molecule has 2 heterocycles. The lowest BCUT2D eigenvalue weighted by Gasteiger charge is -2.23. The van der Waals surface area contributed by atoms with Crippen LogP contribution < -0.4 is 21.7 Å². The van der Waals surface area contributed by atoms with E-state index in [9.17, 15) is 18.4 Å². The first-order valence-electron chi connectivity index (χ1n) is 8.61. The van der Waals surface area contributed by atoms with Crippen molar-refractivity contribution in [2.24, 2.45) is 5.73 Å². The van der Waals surface area contributed by atoms with E-state index in [-0.39, 0.29) is 28.1 Å². The van der Waals surface area contributed by atoms with Gasteiger partial charge in [-0.15, -0.1) is 11.3 Å². The van der Waals surface area contributed by atoms with Crippen molar-refractivity contribution in [1.82, 2.24) is 10.6 Å². The Hall–Kier alpha value is -2.96. The maximum atomic E-state index is 13.3. The maximum absolute atomic E-state index is 13.3. The molecule has 146 valence electrons. The van der Waals surface area contributed by atoms with Crippen LogP contribution in [0.3, 0.4) is 0 Å². The van der Waals surface area contributed by atoms with Crippen LogP contribution in [-0.2, 0) is 0 Å². The normalized spacial score (nSPS) is 16.0. The smallest absolute Gasteiger partial charge is 0.316 e. The van der Waals surface area contributed by atoms with E-state index in [1.165, 1.54) is 12.1 Å². The lowest BCUT2D eigenvalue weighted by Crippen LogP contribution is -2.45. The first kappa shape index (κ1) is 19.8. The van der Waals surface area contributed by atoms with Gasteiger partial charge >= 0.3 is 6.03 Å². The molecule has 0 radical (unpaired) electrons. The molecule has 0 unspecified atom stereocenters. The molecule has 6 nitrogen and oxygen atoms in total. The number of hydrogen-bond acceptors (Lipinski definition) is 4. The molecule has 9 heteroatoms. The van der Waals surface area contributed by atoms with Crippen LogP contribution in [0.15, 0.2) is 24.3 Å². The molecular formula is C19H18F2N4O2S. The molecule has 1 aromatic heterocycles. The summed E-state index contributed by atoms with van der Waals surface area (Å²) < 4.78 is 26.3. The van der Waals surface area contributed by atoms with Gasteiger partial charge in [0.15, 0.2) is 11.6 Å². The van der Waals surface area contributed by atoms with Crippen LogP contribution in [0.4, 0.5) is 19.3 Å². The quantitative estimate of drug-likeness (QED) is 0.592. The van der Waals surface area contributed by atoms with E-state index in [0.717, 1.165) is 42.9 Å². The number of hydrogen-bond donors (Lipinski definition) is 4. The summed E-state index contributed by atoms with van der Waals surface area (Å²) in [6, 6.07) is 4.06. The Morgan fingerprint density at radius 3 is 2.71 bits per heavy atom. The van der Waals surface area contributed by atoms with Crippen LogP contribution in [0, 0.1) is 23.5 Å². The molecule has 2 aromatic rings. The molecule has 3 rings (SSSR count). The fraction of sp³-hybridized carbons (Fsp3) is 0.263. The van der Waals surface area contributed by atoms with Crippen LogP contribution in [-0.4, -0.2) is 31.1 Å². The van der Waals surface area contributed by atoms with Gasteiger partial charge in [0, 0.05) is 18.2 Å². The third-order valence-corrected chi connectivity index (χ3v) is 5.13. The Kier molecular flexibility index (Phi) is 6.23. The Bertz CT molecular complexity index is 959. The fourth-order valence-corrected chi connectivity index (χ4v) is 3.65. The first-order chi connectivity index (χ1) is 13.4. The van der Waals surface area contributed by atoms with E-state index in [1.54, 1.807) is 0 Å². The second kappa shape index (κ2) is 8.82. The predicted octanol–water partition coefficient (Wildman–Crippen LogP) is 2.40. The lowest BCUT2D eigenvalue weighted by atomic mass is 10.1. The van der Waals surface area contributed by atoms with Gasteiger partial charge in [-0.25, -0.2) is 13.6 Å². The number of rotatable bonds is 3. The van der Waals surface area contributed by atoms with Crippen LogP contribution in [0.1, 0.15) is 33.0 Å². The predicted molar refractivity (Wildman–Crippen MR) is 103 cm³/mol. The van der Waals surface area contributed by atoms with E-state index < -0.39 is 17.7 Å². The van der Waals surface area contributed by atoms with E-state index in [1.807, 2.05) is 0 Å². The zero-order valence-electron chi connectivity index (χ0n) is 14.8. The number of halogens is 2. The van der Waals surface area contributed by atoms with Crippen molar-refractivity contribution in [1.29, 1.82) is 0 Å². The van der Waals surface area contributed by atoms with Gasteiger partial charge in [0.05, 0.1) is 10.6 Å². The van der Waals surface area contributed by atoms with Gasteiger partial charge in [0.25, 0.3) is 5.91 Å². The number of anilines is 1. The summed E-state index contributed by atoms with van der Waals surface area (Å²) in [7, 11) is 0. The summed E-state index contributed by atoms with van der Waals surface area (Å²) in [5.41, 5.74) is 5.73. The minimum atomic E-state index is -0.991. The zero-order valence-corrected chi connectivity index (χ0v) is 15.6. The van der Waals surface area contributed by atoms with Gasteiger partial charge in [-0.3, -0.25) is 4.79 Å². The number of thiophene rings is 1. The van der Waals surface area contributed by atoms with E-state index in [4.69, 9.17) is 5.73 Å². The van der Waals surface area contributed by atoms with Crippen molar-refractivity contribution in [2.45, 2.75) is 18.9 Å². The molecule has 1 atom stereocenters. The van der Waals surface area contributed by atoms with Crippen molar-refractivity contribution in [2.75, 3.05) is 18.4 Å². The van der Waals surface area contributed by atoms with Crippen LogP contribution in [0.2, 0.25) is 0 Å². The van der Waals surface area contributed by atoms with Crippen LogP contribution in [0.5, 0.6) is 0 Å². The summed E-state index contributed by atoms with van der Waals surface area (Å²) in [4.78, 5) is 24.6. The Morgan fingerprint density at radius 1 is 1.21 bits per heavy atom. The number of piperidine rings is 1. The van der Waals surface area contributed by atoms with Gasteiger partial charge in [-0.2, -0.15) is 0 Å². The Labute approximate surface area is 164 Å². The molecule has 3 amide bonds. The molecule has 1 saturated heterocycles. The highest BCUT2D eigenvalue weighted by Gasteiger charge is 2.21. The molecule has 1 aromatic carbocycles. The first-order valence-corrected chi connectivity index (χ1v) is 9.43. The number of carbonyl (C=O) groups excluding carboxylic acids is 2. The standard InChI is InChI=1S/C19H18F2N4O2S/c20-14-6-4-11(8-15(14)21)3-5-13-9-16(25-19(22)27)17(28-13)18(26)24-12-2-1-7-23-10-12/h4,6,8-9,12,23H,1-2,7,10H2,(H,24,26)(H3,22,25,27)/t12-/m0/s1. The summed E-state index contributed by atoms with van der Waals surface area (Å²) in [5, 5.41) is 8.56. The molecule has 0 aliphatic carbocycles. The molecule has 28 heavy (non-hydrogen) atoms. The third kappa shape index (κ3) is 5.06. The molecule has 1 aliphatic rings. The largest absolute Gasteiger partial charge is 0.351 e. The molecule has 0 bridgehead atoms. The number of nitrogens with two attached hydrogens (primary N) is 1. The number of amides is 3. The van der Waals surface area contributed by atoms with E-state index >= 15 is 0 Å². The van der Waals surface area contributed by atoms with Crippen molar-refractivity contribution in [3.63, 3.8) is 0 Å². The number of primary amides is 1. The topological polar surface area (TPSA) is 96.2 Å². The van der Waals surface area contributed by atoms with E-state index in [2.05, 4.69) is 27.8 Å². The maximum Gasteiger partial charge on any atom is 0.316 e. The van der Waals surface area contributed by atoms with Gasteiger partial charge in [-0.1, -0.05) is 11.8 Å². The highest BCUT2D eigenvalue weighted by molar-refractivity contribution is 7.15. The Balaban J connectivity index is 1.83. The number of carbonyl (C=O) groups is 2. The van der Waals surface area contributed by atoms with Crippen molar-refractivity contribution < 1.29 is 18.4 Å². The fourth-order valence-electron chi connectivity index (χ4n) is 2.78. The van der Waals surface area contributed by atoms with Crippen LogP contribution in [0.25, 0.3) is 0 Å². The van der Waals surface area contributed by atoms with Crippen molar-refractivity contribution in [3.8, 4) is 11.8 Å². The van der Waals surface area contributed by atoms with Crippen molar-refractivity contribution >= 4 is 29.0 Å². The highest BCUT2D eigenvalue weighted by atomic mass is 32.1. The SMILES string of the molecule is NC(=O)Nc1cc(C#Cc2ccc(F)c(F)c2)sc1C(=O)N[C@H]1CCCNC1. The van der Waals surface area contributed by atoms with Gasteiger partial charge in [0.1, 0.15) is 4.88 Å². The summed E-state index contributed by atoms with van der Waals surface area (Å²) in [6.45, 7) is 1.60. The average molecular weight is 404 g/mol. The molecule has 0 saturated carbocycles. The van der Waals surface area contributed by atoms with Gasteiger partial charge in [-0.05, 0) is 43.7 Å². The molecule has 5 N–H and O–H groups in total. The van der Waals surface area contributed by atoms with Crippen LogP contribution >= 0.6 is 11.3 Å². The zero-order chi connectivity index (χ0) is 20.1.